The number of hydrogen-bond donors (Lipinski definition) is 3. The highest BCUT2D eigenvalue weighted by Gasteiger charge is 2.21. The van der Waals surface area contributed by atoms with Gasteiger partial charge in [-0.2, -0.15) is 0 Å². The highest BCUT2D eigenvalue weighted by Crippen LogP contribution is 2.13. The fourth-order valence-corrected chi connectivity index (χ4v) is 2.12. The Hall–Kier alpha value is -3.36. The summed E-state index contributed by atoms with van der Waals surface area (Å²) in [5.41, 5.74) is 0.504. The van der Waals surface area contributed by atoms with Crippen molar-refractivity contribution >= 4 is 23.5 Å². The molecule has 126 valence electrons. The lowest BCUT2D eigenvalue weighted by molar-refractivity contribution is -0.140. The second-order valence-corrected chi connectivity index (χ2v) is 4.97. The molecule has 0 radical (unpaired) electrons. The van der Waals surface area contributed by atoms with E-state index in [0.29, 0.717) is 11.4 Å². The number of amides is 2. The average Bonchev–Trinajstić information content (AvgIpc) is 2.76. The van der Waals surface area contributed by atoms with Gasteiger partial charge in [-0.15, -0.1) is 0 Å². The van der Waals surface area contributed by atoms with Crippen LogP contribution in [0.15, 0.2) is 35.1 Å². The van der Waals surface area contributed by atoms with Gasteiger partial charge in [0, 0.05) is 7.05 Å². The van der Waals surface area contributed by atoms with Crippen LogP contribution in [0.2, 0.25) is 0 Å². The lowest BCUT2D eigenvalue weighted by Gasteiger charge is -2.07. The molecule has 1 aromatic carbocycles. The van der Waals surface area contributed by atoms with Crippen LogP contribution in [0.25, 0.3) is 5.69 Å². The molecule has 0 aliphatic carbocycles. The van der Waals surface area contributed by atoms with Crippen molar-refractivity contribution < 1.29 is 19.5 Å². The third-order valence-electron chi connectivity index (χ3n) is 3.40. The number of nitrogens with one attached hydrogen (secondary N) is 2. The minimum atomic E-state index is -1.28. The molecule has 0 aliphatic heterocycles. The van der Waals surface area contributed by atoms with Crippen LogP contribution in [-0.2, 0) is 21.4 Å². The van der Waals surface area contributed by atoms with Crippen LogP contribution < -0.4 is 16.2 Å². The van der Waals surface area contributed by atoms with Gasteiger partial charge in [0.05, 0.1) is 11.4 Å². The zero-order chi connectivity index (χ0) is 17.9. The molecule has 2 amide bonds. The summed E-state index contributed by atoms with van der Waals surface area (Å²) in [7, 11) is 1.64. The maximum atomic E-state index is 12.5. The van der Waals surface area contributed by atoms with Crippen LogP contribution in [-0.4, -0.2) is 38.8 Å². The maximum Gasteiger partial charge on any atom is 0.322 e. The minimum Gasteiger partial charge on any atom is -0.480 e. The van der Waals surface area contributed by atoms with Gasteiger partial charge in [0.1, 0.15) is 12.2 Å². The van der Waals surface area contributed by atoms with Crippen molar-refractivity contribution in [3.8, 4) is 5.69 Å². The van der Waals surface area contributed by atoms with Crippen molar-refractivity contribution in [2.24, 2.45) is 7.05 Å². The monoisotopic (exact) mass is 332 g/mol. The van der Waals surface area contributed by atoms with Gasteiger partial charge in [-0.3, -0.25) is 23.9 Å². The van der Waals surface area contributed by atoms with Crippen molar-refractivity contribution in [3.05, 3.63) is 46.4 Å². The number of carbonyl (C=O) groups is 3. The molecule has 0 saturated heterocycles. The molecule has 0 aliphatic rings. The average molecular weight is 332 g/mol. The molecule has 3 N–H and O–H groups in total. The summed E-state index contributed by atoms with van der Waals surface area (Å²) >= 11 is 0. The van der Waals surface area contributed by atoms with E-state index in [4.69, 9.17) is 5.11 Å². The molecule has 24 heavy (non-hydrogen) atoms. The highest BCUT2D eigenvalue weighted by atomic mass is 16.4. The number of carboxylic acid groups (broad SMARTS) is 1. The number of aliphatic carboxylic acids is 1. The van der Waals surface area contributed by atoms with Gasteiger partial charge >= 0.3 is 17.8 Å². The standard InChI is InChI=1S/C15H16N4O5/c1-9-12(17-14(23)13(22)16-8-11(20)21)15(24)19(18(9)2)10-6-4-3-5-7-10/h3-7H,8H2,1-2H3,(H,16,22)(H,17,23)(H,20,21). The van der Waals surface area contributed by atoms with Crippen LogP contribution in [0, 0.1) is 6.92 Å². The Kier molecular flexibility index (Phi) is 4.83. The van der Waals surface area contributed by atoms with E-state index in [0.717, 1.165) is 0 Å². The van der Waals surface area contributed by atoms with Crippen LogP contribution in [0.4, 0.5) is 5.69 Å². The topological polar surface area (TPSA) is 122 Å². The van der Waals surface area contributed by atoms with Gasteiger partial charge in [-0.25, -0.2) is 4.68 Å². The zero-order valence-electron chi connectivity index (χ0n) is 13.1. The Balaban J connectivity index is 2.30. The Morgan fingerprint density at radius 2 is 1.75 bits per heavy atom. The summed E-state index contributed by atoms with van der Waals surface area (Å²) < 4.78 is 2.89. The van der Waals surface area contributed by atoms with Crippen molar-refractivity contribution in [1.29, 1.82) is 0 Å². The lowest BCUT2D eigenvalue weighted by Crippen LogP contribution is -2.39. The number of aromatic nitrogens is 2. The van der Waals surface area contributed by atoms with E-state index in [1.807, 2.05) is 5.32 Å². The van der Waals surface area contributed by atoms with E-state index in [9.17, 15) is 19.2 Å². The molecule has 0 spiro atoms. The summed E-state index contributed by atoms with van der Waals surface area (Å²) in [6.45, 7) is 0.930. The van der Waals surface area contributed by atoms with Crippen LogP contribution in [0.5, 0.6) is 0 Å². The first-order chi connectivity index (χ1) is 11.3. The van der Waals surface area contributed by atoms with E-state index in [1.54, 1.807) is 49.0 Å². The third-order valence-corrected chi connectivity index (χ3v) is 3.40. The number of carboxylic acids is 1. The van der Waals surface area contributed by atoms with E-state index in [2.05, 4.69) is 5.32 Å². The molecule has 0 unspecified atom stereocenters. The Morgan fingerprint density at radius 3 is 2.33 bits per heavy atom. The van der Waals surface area contributed by atoms with Crippen LogP contribution in [0.3, 0.4) is 0 Å². The quantitative estimate of drug-likeness (QED) is 0.659. The lowest BCUT2D eigenvalue weighted by atomic mass is 10.3. The second kappa shape index (κ2) is 6.82. The molecular weight excluding hydrogens is 316 g/mol. The fourth-order valence-electron chi connectivity index (χ4n) is 2.12. The van der Waals surface area contributed by atoms with Crippen LogP contribution >= 0.6 is 0 Å². The molecular formula is C15H16N4O5. The number of anilines is 1. The van der Waals surface area contributed by atoms with Gasteiger partial charge in [-0.1, -0.05) is 18.2 Å². The predicted molar refractivity (Wildman–Crippen MR) is 85.0 cm³/mol. The first-order valence-electron chi connectivity index (χ1n) is 6.98. The first-order valence-corrected chi connectivity index (χ1v) is 6.98. The molecule has 0 atom stereocenters. The van der Waals surface area contributed by atoms with Gasteiger partial charge in [-0.05, 0) is 19.1 Å². The Morgan fingerprint density at radius 1 is 1.12 bits per heavy atom. The number of para-hydroxylation sites is 1. The van der Waals surface area contributed by atoms with E-state index in [1.165, 1.54) is 4.68 Å². The molecule has 9 nitrogen and oxygen atoms in total. The Labute approximate surface area is 136 Å². The molecule has 0 fully saturated rings. The normalized spacial score (nSPS) is 10.2. The summed E-state index contributed by atoms with van der Waals surface area (Å²) in [6.07, 6.45) is 0. The molecule has 0 saturated carbocycles. The van der Waals surface area contributed by atoms with E-state index < -0.39 is 29.9 Å². The number of hydrogen-bond acceptors (Lipinski definition) is 4. The van der Waals surface area contributed by atoms with Gasteiger partial charge < -0.3 is 15.7 Å². The first kappa shape index (κ1) is 17.0. The minimum absolute atomic E-state index is 0.0446. The predicted octanol–water partition coefficient (Wildman–Crippen LogP) is -0.376. The zero-order valence-corrected chi connectivity index (χ0v) is 13.1. The molecule has 0 bridgehead atoms. The summed E-state index contributed by atoms with van der Waals surface area (Å²) in [4.78, 5) is 46.3. The molecule has 1 aromatic heterocycles. The van der Waals surface area contributed by atoms with Crippen molar-refractivity contribution in [1.82, 2.24) is 14.7 Å². The van der Waals surface area contributed by atoms with Crippen LogP contribution in [0.1, 0.15) is 5.69 Å². The number of carbonyl (C=O) groups excluding carboxylic acids is 2. The smallest absolute Gasteiger partial charge is 0.322 e. The largest absolute Gasteiger partial charge is 0.480 e. The van der Waals surface area contributed by atoms with Gasteiger partial charge in [0.15, 0.2) is 0 Å². The second-order valence-electron chi connectivity index (χ2n) is 4.97. The number of rotatable bonds is 4. The van der Waals surface area contributed by atoms with Gasteiger partial charge in [0.25, 0.3) is 5.56 Å². The molecule has 2 aromatic rings. The third kappa shape index (κ3) is 3.35. The van der Waals surface area contributed by atoms with Gasteiger partial charge in [0.2, 0.25) is 0 Å². The molecule has 9 heteroatoms. The van der Waals surface area contributed by atoms with Crippen molar-refractivity contribution in [2.45, 2.75) is 6.92 Å². The van der Waals surface area contributed by atoms with Crippen molar-refractivity contribution in [2.75, 3.05) is 11.9 Å². The Bertz CT molecular complexity index is 851. The SMILES string of the molecule is Cc1c(NC(=O)C(=O)NCC(=O)O)c(=O)n(-c2ccccc2)n1C. The number of nitrogens with zero attached hydrogens (tertiary/aromatic N) is 2. The fraction of sp³-hybridized carbons (Fsp3) is 0.200. The summed E-state index contributed by atoms with van der Waals surface area (Å²) in [5.74, 6) is -3.52. The molecule has 2 rings (SSSR count). The summed E-state index contributed by atoms with van der Waals surface area (Å²) in [6, 6.07) is 8.79. The number of benzene rings is 1. The van der Waals surface area contributed by atoms with E-state index >= 15 is 0 Å². The highest BCUT2D eigenvalue weighted by molar-refractivity contribution is 6.39. The van der Waals surface area contributed by atoms with E-state index in [-0.39, 0.29) is 5.69 Å². The summed E-state index contributed by atoms with van der Waals surface area (Å²) in [5, 5.41) is 12.6. The maximum absolute atomic E-state index is 12.5. The molecule has 1 heterocycles. The van der Waals surface area contributed by atoms with Crippen molar-refractivity contribution in [3.63, 3.8) is 0 Å².